The fourth-order valence-electron chi connectivity index (χ4n) is 7.87. The van der Waals surface area contributed by atoms with Gasteiger partial charge in [0.2, 0.25) is 0 Å². The number of benzene rings is 6. The van der Waals surface area contributed by atoms with Gasteiger partial charge in [-0.3, -0.25) is 0 Å². The van der Waals surface area contributed by atoms with Crippen molar-refractivity contribution < 1.29 is 0 Å². The van der Waals surface area contributed by atoms with Gasteiger partial charge in [-0.25, -0.2) is 0 Å². The van der Waals surface area contributed by atoms with Crippen LogP contribution in [0.4, 0.5) is 17.1 Å². The summed E-state index contributed by atoms with van der Waals surface area (Å²) in [6.07, 6.45) is 6.69. The van der Waals surface area contributed by atoms with Gasteiger partial charge in [-0.15, -0.1) is 0 Å². The van der Waals surface area contributed by atoms with E-state index in [0.717, 1.165) is 0 Å². The number of aromatic nitrogens is 1. The van der Waals surface area contributed by atoms with Crippen molar-refractivity contribution in [3.05, 3.63) is 139 Å². The standard InChI is InChI=1S/C44H42N2/c1-44(2,3)46-42-20-11-10-18-39(42)40-28-27-37(30-43(40)46)45(35-24-21-32(22-25-35)31-13-6-4-7-14-31)36-26-23-34-17-12-19-38(41(34)29-36)33-15-8-5-9-16-33/h5,8-12,15-31H,4,6-7,13-14H2,1-3H3. The second-order valence-electron chi connectivity index (χ2n) is 14.1. The first-order valence-corrected chi connectivity index (χ1v) is 17.0. The lowest BCUT2D eigenvalue weighted by atomic mass is 9.84. The van der Waals surface area contributed by atoms with Crippen LogP contribution < -0.4 is 4.90 Å². The molecule has 1 fully saturated rings. The number of hydrogen-bond acceptors (Lipinski definition) is 1. The zero-order chi connectivity index (χ0) is 31.3. The van der Waals surface area contributed by atoms with E-state index in [-0.39, 0.29) is 5.54 Å². The molecule has 1 aliphatic rings. The minimum atomic E-state index is -0.0695. The van der Waals surface area contributed by atoms with Crippen LogP contribution in [0.25, 0.3) is 43.7 Å². The lowest BCUT2D eigenvalue weighted by Crippen LogP contribution is -2.21. The third-order valence-corrected chi connectivity index (χ3v) is 10.0. The van der Waals surface area contributed by atoms with Gasteiger partial charge in [0, 0.05) is 38.9 Å². The molecule has 0 N–H and O–H groups in total. The van der Waals surface area contributed by atoms with Crippen LogP contribution in [-0.2, 0) is 5.54 Å². The molecule has 6 aromatic carbocycles. The topological polar surface area (TPSA) is 8.17 Å². The van der Waals surface area contributed by atoms with Crippen LogP contribution in [0.15, 0.2) is 133 Å². The predicted molar refractivity (Wildman–Crippen MR) is 198 cm³/mol. The van der Waals surface area contributed by atoms with Gasteiger partial charge in [0.15, 0.2) is 0 Å². The highest BCUT2D eigenvalue weighted by Gasteiger charge is 2.23. The molecule has 0 bridgehead atoms. The highest BCUT2D eigenvalue weighted by atomic mass is 15.1. The highest BCUT2D eigenvalue weighted by Crippen LogP contribution is 2.43. The van der Waals surface area contributed by atoms with Crippen molar-refractivity contribution in [2.24, 2.45) is 0 Å². The Labute approximate surface area is 272 Å². The van der Waals surface area contributed by atoms with Crippen LogP contribution in [0, 0.1) is 0 Å². The fraction of sp³-hybridized carbons (Fsp3) is 0.227. The summed E-state index contributed by atoms with van der Waals surface area (Å²) in [5, 5.41) is 5.12. The molecule has 0 unspecified atom stereocenters. The molecular formula is C44H42N2. The lowest BCUT2D eigenvalue weighted by molar-refractivity contribution is 0.423. The Morgan fingerprint density at radius 3 is 2.00 bits per heavy atom. The van der Waals surface area contributed by atoms with Crippen LogP contribution >= 0.6 is 0 Å². The van der Waals surface area contributed by atoms with E-state index in [2.05, 4.69) is 164 Å². The second-order valence-corrected chi connectivity index (χ2v) is 14.1. The number of para-hydroxylation sites is 1. The molecule has 0 atom stereocenters. The minimum Gasteiger partial charge on any atom is -0.335 e. The Morgan fingerprint density at radius 1 is 0.543 bits per heavy atom. The Bertz CT molecular complexity index is 2160. The molecule has 1 aliphatic carbocycles. The number of fused-ring (bicyclic) bond motifs is 4. The summed E-state index contributed by atoms with van der Waals surface area (Å²) in [4.78, 5) is 2.45. The van der Waals surface area contributed by atoms with Gasteiger partial charge >= 0.3 is 0 Å². The minimum absolute atomic E-state index is 0.0695. The summed E-state index contributed by atoms with van der Waals surface area (Å²) >= 11 is 0. The van der Waals surface area contributed by atoms with Gasteiger partial charge in [-0.1, -0.05) is 110 Å². The SMILES string of the molecule is CC(C)(C)n1c2ccccc2c2ccc(N(c3ccc(C4CCCCC4)cc3)c3ccc4cccc(-c5ccccc5)c4c3)cc21. The molecular weight excluding hydrogens is 556 g/mol. The molecule has 0 amide bonds. The summed E-state index contributed by atoms with van der Waals surface area (Å²) < 4.78 is 2.51. The summed E-state index contributed by atoms with van der Waals surface area (Å²) in [5.41, 5.74) is 9.98. The van der Waals surface area contributed by atoms with Gasteiger partial charge in [-0.05, 0) is 109 Å². The summed E-state index contributed by atoms with van der Waals surface area (Å²) in [5.74, 6) is 0.684. The van der Waals surface area contributed by atoms with Gasteiger partial charge in [0.25, 0.3) is 0 Å². The first-order chi connectivity index (χ1) is 22.5. The Balaban J connectivity index is 1.33. The van der Waals surface area contributed by atoms with Gasteiger partial charge in [-0.2, -0.15) is 0 Å². The monoisotopic (exact) mass is 598 g/mol. The zero-order valence-corrected chi connectivity index (χ0v) is 27.2. The van der Waals surface area contributed by atoms with Crippen LogP contribution in [0.3, 0.4) is 0 Å². The molecule has 0 spiro atoms. The molecule has 228 valence electrons. The van der Waals surface area contributed by atoms with Crippen molar-refractivity contribution in [3.63, 3.8) is 0 Å². The average Bonchev–Trinajstić information content (AvgIpc) is 3.44. The van der Waals surface area contributed by atoms with E-state index in [0.29, 0.717) is 5.92 Å². The summed E-state index contributed by atoms with van der Waals surface area (Å²) in [7, 11) is 0. The molecule has 2 nitrogen and oxygen atoms in total. The van der Waals surface area contributed by atoms with E-state index in [1.165, 1.54) is 98.4 Å². The summed E-state index contributed by atoms with van der Waals surface area (Å²) in [6.45, 7) is 6.92. The van der Waals surface area contributed by atoms with Crippen molar-refractivity contribution in [3.8, 4) is 11.1 Å². The third kappa shape index (κ3) is 5.07. The number of anilines is 3. The Hall–Kier alpha value is -4.82. The lowest BCUT2D eigenvalue weighted by Gasteiger charge is -2.28. The van der Waals surface area contributed by atoms with E-state index >= 15 is 0 Å². The molecule has 0 radical (unpaired) electrons. The molecule has 7 aromatic rings. The smallest absolute Gasteiger partial charge is 0.0517 e. The van der Waals surface area contributed by atoms with E-state index in [4.69, 9.17) is 0 Å². The fourth-order valence-corrected chi connectivity index (χ4v) is 7.87. The molecule has 1 aromatic heterocycles. The van der Waals surface area contributed by atoms with Gasteiger partial charge < -0.3 is 9.47 Å². The van der Waals surface area contributed by atoms with Crippen LogP contribution in [0.2, 0.25) is 0 Å². The maximum Gasteiger partial charge on any atom is 0.0517 e. The first-order valence-electron chi connectivity index (χ1n) is 17.0. The molecule has 0 saturated heterocycles. The normalized spacial score (nSPS) is 14.3. The van der Waals surface area contributed by atoms with Crippen molar-refractivity contribution in [2.45, 2.75) is 64.3 Å². The van der Waals surface area contributed by atoms with Crippen molar-refractivity contribution in [1.82, 2.24) is 4.57 Å². The first kappa shape index (κ1) is 28.6. The third-order valence-electron chi connectivity index (χ3n) is 10.0. The zero-order valence-electron chi connectivity index (χ0n) is 27.2. The average molecular weight is 599 g/mol. The van der Waals surface area contributed by atoms with Crippen LogP contribution in [0.1, 0.15) is 64.4 Å². The largest absolute Gasteiger partial charge is 0.335 e. The van der Waals surface area contributed by atoms with Gasteiger partial charge in [0.1, 0.15) is 0 Å². The molecule has 1 heterocycles. The Morgan fingerprint density at radius 2 is 1.22 bits per heavy atom. The predicted octanol–water partition coefficient (Wildman–Crippen LogP) is 12.9. The quantitative estimate of drug-likeness (QED) is 0.191. The van der Waals surface area contributed by atoms with Crippen LogP contribution in [0.5, 0.6) is 0 Å². The van der Waals surface area contributed by atoms with Crippen molar-refractivity contribution >= 4 is 49.6 Å². The second kappa shape index (κ2) is 11.5. The van der Waals surface area contributed by atoms with Gasteiger partial charge in [0.05, 0.1) is 5.52 Å². The van der Waals surface area contributed by atoms with Crippen molar-refractivity contribution in [2.75, 3.05) is 4.90 Å². The van der Waals surface area contributed by atoms with E-state index in [9.17, 15) is 0 Å². The summed E-state index contributed by atoms with van der Waals surface area (Å²) in [6, 6.07) is 49.7. The Kier molecular flexibility index (Phi) is 7.17. The number of nitrogens with zero attached hydrogens (tertiary/aromatic N) is 2. The molecule has 46 heavy (non-hydrogen) atoms. The van der Waals surface area contributed by atoms with Crippen molar-refractivity contribution in [1.29, 1.82) is 0 Å². The molecule has 8 rings (SSSR count). The van der Waals surface area contributed by atoms with E-state index in [1.807, 2.05) is 0 Å². The maximum atomic E-state index is 2.51. The number of rotatable bonds is 5. The van der Waals surface area contributed by atoms with E-state index < -0.39 is 0 Å². The maximum absolute atomic E-state index is 2.51. The number of hydrogen-bond donors (Lipinski definition) is 0. The molecule has 1 saturated carbocycles. The van der Waals surface area contributed by atoms with Crippen LogP contribution in [-0.4, -0.2) is 4.57 Å². The highest BCUT2D eigenvalue weighted by molar-refractivity contribution is 6.09. The van der Waals surface area contributed by atoms with E-state index in [1.54, 1.807) is 0 Å². The molecule has 0 aliphatic heterocycles. The molecule has 2 heteroatoms.